The van der Waals surface area contributed by atoms with Crippen molar-refractivity contribution in [3.05, 3.63) is 30.6 Å². The molecule has 0 bridgehead atoms. The molecule has 4 amide bonds. The van der Waals surface area contributed by atoms with Gasteiger partial charge in [0.25, 0.3) is 5.91 Å². The minimum absolute atomic E-state index is 0.0553. The molecule has 2 aromatic rings. The summed E-state index contributed by atoms with van der Waals surface area (Å²) in [6.07, 6.45) is 3.64. The number of imide groups is 1. The van der Waals surface area contributed by atoms with Gasteiger partial charge in [0.1, 0.15) is 18.4 Å². The minimum atomic E-state index is -0.911. The first-order valence-corrected chi connectivity index (χ1v) is 9.95. The molecule has 2 fully saturated rings. The third-order valence-electron chi connectivity index (χ3n) is 5.69. The van der Waals surface area contributed by atoms with Crippen LogP contribution in [0.4, 0.5) is 10.5 Å². The highest BCUT2D eigenvalue weighted by atomic mass is 16.2. The van der Waals surface area contributed by atoms with Crippen molar-refractivity contribution in [1.29, 1.82) is 0 Å². The molecule has 10 nitrogen and oxygen atoms in total. The Kier molecular flexibility index (Phi) is 4.79. The van der Waals surface area contributed by atoms with E-state index in [0.717, 1.165) is 17.0 Å². The maximum atomic E-state index is 13.1. The standard InChI is InChI=1S/C20H25N7O3/c1-13-8-19(2,3)11-20(9-13)17(29)26(18(30)23-20)10-16(28)22-14-4-6-15(7-5-14)27-12-21-24-25-27/h4-7,12-13H,8-11H2,1-3H3,(H,22,28)(H,23,30)/t13-,20+/m0/s1. The van der Waals surface area contributed by atoms with E-state index in [2.05, 4.69) is 46.9 Å². The van der Waals surface area contributed by atoms with Crippen LogP contribution in [0, 0.1) is 11.3 Å². The lowest BCUT2D eigenvalue weighted by atomic mass is 9.64. The summed E-state index contributed by atoms with van der Waals surface area (Å²) in [6.45, 7) is 5.99. The van der Waals surface area contributed by atoms with Crippen molar-refractivity contribution in [3.8, 4) is 5.69 Å². The summed E-state index contributed by atoms with van der Waals surface area (Å²) < 4.78 is 1.49. The lowest BCUT2D eigenvalue weighted by Gasteiger charge is -2.43. The van der Waals surface area contributed by atoms with Crippen molar-refractivity contribution in [2.75, 3.05) is 11.9 Å². The Bertz CT molecular complexity index is 971. The smallest absolute Gasteiger partial charge is 0.325 e. The summed E-state index contributed by atoms with van der Waals surface area (Å²) in [7, 11) is 0. The first-order chi connectivity index (χ1) is 14.2. The fraction of sp³-hybridized carbons (Fsp3) is 0.500. The summed E-state index contributed by atoms with van der Waals surface area (Å²) in [4.78, 5) is 39.2. The van der Waals surface area contributed by atoms with Crippen molar-refractivity contribution < 1.29 is 14.4 Å². The molecule has 2 aliphatic rings. The number of hydrogen-bond donors (Lipinski definition) is 2. The minimum Gasteiger partial charge on any atom is -0.325 e. The molecule has 30 heavy (non-hydrogen) atoms. The van der Waals surface area contributed by atoms with E-state index in [0.29, 0.717) is 24.4 Å². The highest BCUT2D eigenvalue weighted by Crippen LogP contribution is 2.46. The zero-order chi connectivity index (χ0) is 21.5. The molecule has 1 saturated carbocycles. The van der Waals surface area contributed by atoms with E-state index in [1.165, 1.54) is 11.0 Å². The molecule has 4 rings (SSSR count). The quantitative estimate of drug-likeness (QED) is 0.739. The Morgan fingerprint density at radius 1 is 1.23 bits per heavy atom. The lowest BCUT2D eigenvalue weighted by Crippen LogP contribution is -2.54. The van der Waals surface area contributed by atoms with Crippen LogP contribution in [0.5, 0.6) is 0 Å². The summed E-state index contributed by atoms with van der Waals surface area (Å²) in [5.41, 5.74) is 0.320. The number of aromatic nitrogens is 4. The SMILES string of the molecule is C[C@H]1CC(C)(C)C[C@@]2(C1)NC(=O)N(CC(=O)Nc1ccc(-n3cnnn3)cc1)C2=O. The summed E-state index contributed by atoms with van der Waals surface area (Å²) >= 11 is 0. The number of anilines is 1. The maximum absolute atomic E-state index is 13.1. The van der Waals surface area contributed by atoms with E-state index in [1.54, 1.807) is 24.3 Å². The van der Waals surface area contributed by atoms with Gasteiger partial charge in [0.2, 0.25) is 5.91 Å². The highest BCUT2D eigenvalue weighted by molar-refractivity contribution is 6.10. The van der Waals surface area contributed by atoms with Gasteiger partial charge in [0.15, 0.2) is 0 Å². The molecule has 1 aliphatic heterocycles. The van der Waals surface area contributed by atoms with Crippen molar-refractivity contribution in [1.82, 2.24) is 30.4 Å². The average Bonchev–Trinajstić information content (AvgIpc) is 3.25. The molecule has 10 heteroatoms. The van der Waals surface area contributed by atoms with Gasteiger partial charge in [-0.2, -0.15) is 0 Å². The van der Waals surface area contributed by atoms with E-state index in [-0.39, 0.29) is 17.9 Å². The molecule has 158 valence electrons. The van der Waals surface area contributed by atoms with Crippen molar-refractivity contribution >= 4 is 23.5 Å². The van der Waals surface area contributed by atoms with Crippen LogP contribution in [-0.2, 0) is 9.59 Å². The van der Waals surface area contributed by atoms with Gasteiger partial charge in [-0.15, -0.1) is 5.10 Å². The monoisotopic (exact) mass is 411 g/mol. The third-order valence-corrected chi connectivity index (χ3v) is 5.69. The molecule has 2 atom stereocenters. The Morgan fingerprint density at radius 3 is 2.60 bits per heavy atom. The van der Waals surface area contributed by atoms with Crippen molar-refractivity contribution in [2.45, 2.75) is 45.6 Å². The second kappa shape index (κ2) is 7.19. The molecule has 0 unspecified atom stereocenters. The zero-order valence-corrected chi connectivity index (χ0v) is 17.3. The Labute approximate surface area is 174 Å². The molecule has 1 aromatic carbocycles. The van der Waals surface area contributed by atoms with Crippen molar-refractivity contribution in [3.63, 3.8) is 0 Å². The fourth-order valence-corrected chi connectivity index (χ4v) is 4.97. The van der Waals surface area contributed by atoms with Gasteiger partial charge in [0, 0.05) is 5.69 Å². The highest BCUT2D eigenvalue weighted by Gasteiger charge is 2.56. The Balaban J connectivity index is 1.42. The predicted octanol–water partition coefficient (Wildman–Crippen LogP) is 1.74. The number of benzene rings is 1. The van der Waals surface area contributed by atoms with Gasteiger partial charge in [-0.05, 0) is 65.3 Å². The number of hydrogen-bond acceptors (Lipinski definition) is 6. The van der Waals surface area contributed by atoms with E-state index in [4.69, 9.17) is 0 Å². The maximum Gasteiger partial charge on any atom is 0.325 e. The topological polar surface area (TPSA) is 122 Å². The molecule has 1 saturated heterocycles. The van der Waals surface area contributed by atoms with E-state index in [9.17, 15) is 14.4 Å². The zero-order valence-electron chi connectivity index (χ0n) is 17.3. The van der Waals surface area contributed by atoms with Gasteiger partial charge >= 0.3 is 6.03 Å². The number of nitrogens with one attached hydrogen (secondary N) is 2. The molecule has 1 spiro atoms. The number of tetrazole rings is 1. The first-order valence-electron chi connectivity index (χ1n) is 9.95. The van der Waals surface area contributed by atoms with Crippen LogP contribution in [-0.4, -0.2) is 55.0 Å². The number of amides is 4. The normalized spacial score (nSPS) is 25.4. The fourth-order valence-electron chi connectivity index (χ4n) is 4.97. The number of nitrogens with zero attached hydrogens (tertiary/aromatic N) is 5. The number of rotatable bonds is 4. The van der Waals surface area contributed by atoms with Crippen LogP contribution in [0.3, 0.4) is 0 Å². The Hall–Kier alpha value is -3.30. The van der Waals surface area contributed by atoms with Gasteiger partial charge in [-0.3, -0.25) is 14.5 Å². The lowest BCUT2D eigenvalue weighted by molar-refractivity contribution is -0.136. The van der Waals surface area contributed by atoms with Crippen LogP contribution >= 0.6 is 0 Å². The second-order valence-corrected chi connectivity index (χ2v) is 9.11. The largest absolute Gasteiger partial charge is 0.325 e. The van der Waals surface area contributed by atoms with Crippen LogP contribution in [0.25, 0.3) is 5.69 Å². The summed E-state index contributed by atoms with van der Waals surface area (Å²) in [5, 5.41) is 16.6. The molecule has 2 heterocycles. The number of urea groups is 1. The molecule has 1 aliphatic carbocycles. The number of carbonyl (C=O) groups excluding carboxylic acids is 3. The summed E-state index contributed by atoms with van der Waals surface area (Å²) in [6, 6.07) is 6.40. The average molecular weight is 411 g/mol. The Morgan fingerprint density at radius 2 is 1.97 bits per heavy atom. The molecule has 2 N–H and O–H groups in total. The first kappa shape index (κ1) is 20.0. The van der Waals surface area contributed by atoms with Crippen LogP contribution in [0.15, 0.2) is 30.6 Å². The van der Waals surface area contributed by atoms with E-state index in [1.807, 2.05) is 0 Å². The second-order valence-electron chi connectivity index (χ2n) is 9.11. The van der Waals surface area contributed by atoms with Crippen LogP contribution in [0.2, 0.25) is 0 Å². The van der Waals surface area contributed by atoms with E-state index >= 15 is 0 Å². The van der Waals surface area contributed by atoms with Crippen LogP contribution < -0.4 is 10.6 Å². The van der Waals surface area contributed by atoms with Gasteiger partial charge in [0.05, 0.1) is 5.69 Å². The van der Waals surface area contributed by atoms with Crippen LogP contribution in [0.1, 0.15) is 40.0 Å². The predicted molar refractivity (Wildman–Crippen MR) is 108 cm³/mol. The number of carbonyl (C=O) groups is 3. The molecular weight excluding hydrogens is 386 g/mol. The van der Waals surface area contributed by atoms with Gasteiger partial charge in [-0.1, -0.05) is 20.8 Å². The molecular formula is C20H25N7O3. The van der Waals surface area contributed by atoms with E-state index < -0.39 is 17.5 Å². The molecule has 0 radical (unpaired) electrons. The molecule has 1 aromatic heterocycles. The third kappa shape index (κ3) is 3.77. The van der Waals surface area contributed by atoms with Crippen molar-refractivity contribution in [2.24, 2.45) is 11.3 Å². The van der Waals surface area contributed by atoms with Gasteiger partial charge < -0.3 is 10.6 Å². The summed E-state index contributed by atoms with van der Waals surface area (Å²) in [5.74, 6) is -0.435. The van der Waals surface area contributed by atoms with Gasteiger partial charge in [-0.25, -0.2) is 9.48 Å².